The molecule has 0 spiro atoms. The Balaban J connectivity index is 1.38. The van der Waals surface area contributed by atoms with Gasteiger partial charge in [-0.25, -0.2) is 4.39 Å². The van der Waals surface area contributed by atoms with E-state index in [-0.39, 0.29) is 29.5 Å². The van der Waals surface area contributed by atoms with Crippen LogP contribution in [0.1, 0.15) is 49.9 Å². The summed E-state index contributed by atoms with van der Waals surface area (Å²) >= 11 is 0. The van der Waals surface area contributed by atoms with Crippen LogP contribution in [-0.2, 0) is 19.4 Å². The first kappa shape index (κ1) is 28.9. The molecule has 1 saturated carbocycles. The SMILES string of the molecule is CCc1c(F)ccc2cc(O)cc(N3CCc4c(nc(OCC5(CN(C)C)CC5)nc4N4CC(C)CC(CO)C4)C3)c12. The third-order valence-corrected chi connectivity index (χ3v) is 9.27. The van der Waals surface area contributed by atoms with Gasteiger partial charge in [-0.15, -0.1) is 0 Å². The number of aliphatic hydroxyl groups is 1. The second kappa shape index (κ2) is 11.5. The number of aromatic nitrogens is 2. The van der Waals surface area contributed by atoms with Crippen molar-refractivity contribution in [3.63, 3.8) is 0 Å². The lowest BCUT2D eigenvalue weighted by molar-refractivity contribution is 0.181. The molecule has 0 amide bonds. The molecule has 2 fully saturated rings. The van der Waals surface area contributed by atoms with Gasteiger partial charge in [-0.3, -0.25) is 0 Å². The molecule has 2 aromatic carbocycles. The van der Waals surface area contributed by atoms with Gasteiger partial charge in [0.1, 0.15) is 17.4 Å². The van der Waals surface area contributed by atoms with Gasteiger partial charge in [-0.2, -0.15) is 9.97 Å². The van der Waals surface area contributed by atoms with Crippen LogP contribution >= 0.6 is 0 Å². The van der Waals surface area contributed by atoms with Crippen LogP contribution < -0.4 is 14.5 Å². The number of phenolic OH excluding ortho intramolecular Hbond substituents is 1. The predicted octanol–water partition coefficient (Wildman–Crippen LogP) is 4.77. The van der Waals surface area contributed by atoms with Crippen LogP contribution in [0, 0.1) is 23.1 Å². The van der Waals surface area contributed by atoms with Crippen molar-refractivity contribution in [1.29, 1.82) is 0 Å². The molecule has 3 heterocycles. The number of aromatic hydroxyl groups is 1. The summed E-state index contributed by atoms with van der Waals surface area (Å²) in [5, 5.41) is 22.3. The number of ether oxygens (including phenoxy) is 1. The number of piperidine rings is 1. The van der Waals surface area contributed by atoms with Gasteiger partial charge in [-0.05, 0) is 81.1 Å². The third kappa shape index (κ3) is 5.73. The molecule has 2 aliphatic heterocycles. The molecule has 9 heteroatoms. The first-order valence-electron chi connectivity index (χ1n) is 15.4. The molecule has 1 aromatic heterocycles. The third-order valence-electron chi connectivity index (χ3n) is 9.27. The Hall–Kier alpha value is -3.17. The second-order valence-corrected chi connectivity index (χ2v) is 13.2. The number of rotatable bonds is 9. The lowest BCUT2D eigenvalue weighted by Gasteiger charge is -2.39. The lowest BCUT2D eigenvalue weighted by Crippen LogP contribution is -2.43. The van der Waals surface area contributed by atoms with Gasteiger partial charge in [0.2, 0.25) is 0 Å². The Morgan fingerprint density at radius 2 is 1.95 bits per heavy atom. The number of aliphatic hydroxyl groups excluding tert-OH is 1. The van der Waals surface area contributed by atoms with Gasteiger partial charge < -0.3 is 29.6 Å². The number of aryl methyl sites for hydroxylation is 1. The Bertz CT molecular complexity index is 1460. The van der Waals surface area contributed by atoms with E-state index in [1.54, 1.807) is 18.2 Å². The highest BCUT2D eigenvalue weighted by molar-refractivity contribution is 5.98. The fourth-order valence-electron chi connectivity index (χ4n) is 7.19. The van der Waals surface area contributed by atoms with Crippen LogP contribution in [0.5, 0.6) is 11.8 Å². The van der Waals surface area contributed by atoms with E-state index in [0.717, 1.165) is 78.9 Å². The van der Waals surface area contributed by atoms with E-state index in [1.807, 2.05) is 6.92 Å². The molecule has 8 nitrogen and oxygen atoms in total. The predicted molar refractivity (Wildman–Crippen MR) is 164 cm³/mol. The number of phenols is 1. The zero-order chi connectivity index (χ0) is 29.6. The minimum absolute atomic E-state index is 0.150. The normalized spacial score (nSPS) is 21.6. The zero-order valence-electron chi connectivity index (χ0n) is 25.4. The maximum atomic E-state index is 14.9. The summed E-state index contributed by atoms with van der Waals surface area (Å²) in [6.07, 6.45) is 4.56. The van der Waals surface area contributed by atoms with Crippen molar-refractivity contribution in [3.05, 3.63) is 46.9 Å². The minimum Gasteiger partial charge on any atom is -0.508 e. The summed E-state index contributed by atoms with van der Waals surface area (Å²) in [5.74, 6) is 1.51. The second-order valence-electron chi connectivity index (χ2n) is 13.2. The molecule has 0 radical (unpaired) electrons. The smallest absolute Gasteiger partial charge is 0.318 e. The van der Waals surface area contributed by atoms with Crippen molar-refractivity contribution < 1.29 is 19.3 Å². The molecule has 0 bridgehead atoms. The molecule has 6 rings (SSSR count). The van der Waals surface area contributed by atoms with E-state index in [4.69, 9.17) is 14.7 Å². The minimum atomic E-state index is -0.223. The topological polar surface area (TPSA) is 85.2 Å². The molecule has 2 N–H and O–H groups in total. The van der Waals surface area contributed by atoms with E-state index in [0.29, 0.717) is 43.6 Å². The molecular weight excluding hydrogens is 533 g/mol. The average Bonchev–Trinajstić information content (AvgIpc) is 3.73. The maximum Gasteiger partial charge on any atom is 0.318 e. The molecule has 1 aliphatic carbocycles. The van der Waals surface area contributed by atoms with Crippen molar-refractivity contribution in [2.75, 3.05) is 63.3 Å². The summed E-state index contributed by atoms with van der Waals surface area (Å²) in [5.41, 5.74) is 3.66. The standard InChI is InChI=1S/C33H44FN5O3/c1-5-25-27(34)7-6-23-13-24(41)14-29(30(23)25)38-11-8-26-28(17-38)35-32(42-20-33(9-10-33)19-37(3)4)36-31(26)39-15-21(2)12-22(16-39)18-40/h6-7,13-14,21-22,40-41H,5,8-12,15-20H2,1-4H3. The van der Waals surface area contributed by atoms with Gasteiger partial charge >= 0.3 is 6.01 Å². The summed E-state index contributed by atoms with van der Waals surface area (Å²) in [6, 6.07) is 7.09. The molecular formula is C33H44FN5O3. The number of benzene rings is 2. The van der Waals surface area contributed by atoms with Crippen molar-refractivity contribution in [3.8, 4) is 11.8 Å². The average molecular weight is 578 g/mol. The zero-order valence-corrected chi connectivity index (χ0v) is 25.4. The molecule has 3 aromatic rings. The highest BCUT2D eigenvalue weighted by atomic mass is 19.1. The van der Waals surface area contributed by atoms with Crippen LogP contribution in [0.15, 0.2) is 24.3 Å². The Kier molecular flexibility index (Phi) is 7.91. The quantitative estimate of drug-likeness (QED) is 0.376. The van der Waals surface area contributed by atoms with Gasteiger partial charge in [0.15, 0.2) is 0 Å². The number of halogens is 1. The Labute approximate surface area is 248 Å². The first-order valence-corrected chi connectivity index (χ1v) is 15.4. The summed E-state index contributed by atoms with van der Waals surface area (Å²) in [6.45, 7) is 8.76. The fraction of sp³-hybridized carbons (Fsp3) is 0.576. The van der Waals surface area contributed by atoms with Crippen LogP contribution in [0.4, 0.5) is 15.9 Å². The highest BCUT2D eigenvalue weighted by Gasteiger charge is 2.44. The van der Waals surface area contributed by atoms with Crippen LogP contribution in [0.2, 0.25) is 0 Å². The monoisotopic (exact) mass is 577 g/mol. The maximum absolute atomic E-state index is 14.9. The van der Waals surface area contributed by atoms with Gasteiger partial charge in [-0.1, -0.05) is 19.9 Å². The van der Waals surface area contributed by atoms with Crippen molar-refractivity contribution in [1.82, 2.24) is 14.9 Å². The van der Waals surface area contributed by atoms with Crippen LogP contribution in [0.25, 0.3) is 10.8 Å². The number of hydrogen-bond donors (Lipinski definition) is 2. The van der Waals surface area contributed by atoms with E-state index in [2.05, 4.69) is 35.7 Å². The van der Waals surface area contributed by atoms with Gasteiger partial charge in [0.25, 0.3) is 0 Å². The number of anilines is 2. The largest absolute Gasteiger partial charge is 0.508 e. The molecule has 2 unspecified atom stereocenters. The first-order chi connectivity index (χ1) is 20.2. The molecule has 2 atom stereocenters. The van der Waals surface area contributed by atoms with Gasteiger partial charge in [0.05, 0.1) is 18.8 Å². The number of nitrogens with zero attached hydrogens (tertiary/aromatic N) is 5. The fourth-order valence-corrected chi connectivity index (χ4v) is 7.19. The van der Waals surface area contributed by atoms with Crippen molar-refractivity contribution >= 4 is 22.3 Å². The van der Waals surface area contributed by atoms with Gasteiger partial charge in [0, 0.05) is 60.9 Å². The lowest BCUT2D eigenvalue weighted by atomic mass is 9.90. The van der Waals surface area contributed by atoms with E-state index in [1.165, 1.54) is 6.07 Å². The van der Waals surface area contributed by atoms with E-state index < -0.39 is 0 Å². The highest BCUT2D eigenvalue weighted by Crippen LogP contribution is 2.46. The van der Waals surface area contributed by atoms with Crippen molar-refractivity contribution in [2.45, 2.75) is 52.5 Å². The van der Waals surface area contributed by atoms with E-state index >= 15 is 0 Å². The number of fused-ring (bicyclic) bond motifs is 2. The van der Waals surface area contributed by atoms with Crippen molar-refractivity contribution in [2.24, 2.45) is 17.3 Å². The summed E-state index contributed by atoms with van der Waals surface area (Å²) < 4.78 is 21.3. The molecule has 42 heavy (non-hydrogen) atoms. The molecule has 3 aliphatic rings. The molecule has 1 saturated heterocycles. The summed E-state index contributed by atoms with van der Waals surface area (Å²) in [7, 11) is 4.19. The Morgan fingerprint density at radius 1 is 1.14 bits per heavy atom. The molecule has 226 valence electrons. The van der Waals surface area contributed by atoms with E-state index in [9.17, 15) is 14.6 Å². The number of hydrogen-bond acceptors (Lipinski definition) is 8. The van der Waals surface area contributed by atoms with Crippen LogP contribution in [-0.4, -0.2) is 78.6 Å². The van der Waals surface area contributed by atoms with Crippen LogP contribution in [0.3, 0.4) is 0 Å². The Morgan fingerprint density at radius 3 is 2.67 bits per heavy atom. The summed E-state index contributed by atoms with van der Waals surface area (Å²) in [4.78, 5) is 16.7.